The van der Waals surface area contributed by atoms with E-state index in [0.29, 0.717) is 48.6 Å². The minimum atomic E-state index is -0.348. The number of nitrogens with zero attached hydrogens (tertiary/aromatic N) is 2. The van der Waals surface area contributed by atoms with E-state index < -0.39 is 0 Å². The molecule has 3 aromatic rings. The highest BCUT2D eigenvalue weighted by Gasteiger charge is 2.32. The molecule has 1 aliphatic rings. The maximum absolute atomic E-state index is 13.9. The predicted octanol–water partition coefficient (Wildman–Crippen LogP) is 5.73. The van der Waals surface area contributed by atoms with Crippen LogP contribution < -0.4 is 0 Å². The van der Waals surface area contributed by atoms with Crippen molar-refractivity contribution >= 4 is 5.91 Å². The van der Waals surface area contributed by atoms with Crippen molar-refractivity contribution in [3.63, 3.8) is 0 Å². The number of hydrogen-bond acceptors (Lipinski definition) is 3. The fourth-order valence-corrected chi connectivity index (χ4v) is 3.58. The molecule has 1 heterocycles. The highest BCUT2D eigenvalue weighted by Crippen LogP contribution is 2.30. The van der Waals surface area contributed by atoms with E-state index in [0.717, 1.165) is 18.4 Å². The molecule has 30 heavy (non-hydrogen) atoms. The van der Waals surface area contributed by atoms with E-state index in [-0.39, 0.29) is 11.7 Å². The first-order valence-corrected chi connectivity index (χ1v) is 10.6. The Hall–Kier alpha value is -2.95. The van der Waals surface area contributed by atoms with E-state index in [9.17, 15) is 9.18 Å². The van der Waals surface area contributed by atoms with Crippen LogP contribution in [0.15, 0.2) is 59.1 Å². The third kappa shape index (κ3) is 4.78. The topological polar surface area (TPSA) is 46.3 Å². The molecule has 4 nitrogen and oxygen atoms in total. The van der Waals surface area contributed by atoms with E-state index in [1.165, 1.54) is 17.8 Å². The molecule has 0 saturated heterocycles. The van der Waals surface area contributed by atoms with Gasteiger partial charge in [0.2, 0.25) is 5.91 Å². The average molecular weight is 407 g/mol. The molecular weight excluding hydrogens is 379 g/mol. The normalized spacial score (nSPS) is 13.6. The molecule has 2 aromatic carbocycles. The summed E-state index contributed by atoms with van der Waals surface area (Å²) in [4.78, 5) is 19.1. The predicted molar refractivity (Wildman–Crippen MR) is 114 cm³/mol. The first kappa shape index (κ1) is 20.3. The van der Waals surface area contributed by atoms with Gasteiger partial charge in [0.05, 0.1) is 11.8 Å². The number of aromatic nitrogens is 1. The highest BCUT2D eigenvalue weighted by atomic mass is 19.1. The molecule has 1 saturated carbocycles. The molecular formula is C25H27FN2O2. The van der Waals surface area contributed by atoms with Crippen molar-refractivity contribution in [1.29, 1.82) is 0 Å². The molecule has 0 atom stereocenters. The smallest absolute Gasteiger partial charge is 0.223 e. The van der Waals surface area contributed by atoms with Crippen LogP contribution in [-0.2, 0) is 17.8 Å². The Labute approximate surface area is 176 Å². The Bertz CT molecular complexity index is 1010. The van der Waals surface area contributed by atoms with Crippen molar-refractivity contribution in [3.05, 3.63) is 77.6 Å². The first-order valence-electron chi connectivity index (χ1n) is 10.6. The van der Waals surface area contributed by atoms with Crippen molar-refractivity contribution in [2.24, 2.45) is 0 Å². The number of carbonyl (C=O) groups excluding carboxylic acids is 1. The largest absolute Gasteiger partial charge is 0.441 e. The molecule has 1 amide bonds. The second kappa shape index (κ2) is 8.82. The zero-order chi connectivity index (χ0) is 21.1. The van der Waals surface area contributed by atoms with Crippen molar-refractivity contribution in [2.45, 2.75) is 58.0 Å². The Balaban J connectivity index is 1.38. The summed E-state index contributed by atoms with van der Waals surface area (Å²) in [6.07, 6.45) is 4.38. The van der Waals surface area contributed by atoms with Gasteiger partial charge in [-0.3, -0.25) is 4.79 Å². The van der Waals surface area contributed by atoms with Gasteiger partial charge in [0.25, 0.3) is 0 Å². The Kier molecular flexibility index (Phi) is 5.98. The molecule has 5 heteroatoms. The number of benzene rings is 2. The van der Waals surface area contributed by atoms with Crippen LogP contribution in [0.5, 0.6) is 0 Å². The lowest BCUT2D eigenvalue weighted by atomic mass is 10.0. The molecule has 0 bridgehead atoms. The third-order valence-electron chi connectivity index (χ3n) is 5.55. The van der Waals surface area contributed by atoms with Crippen LogP contribution in [0.3, 0.4) is 0 Å². The van der Waals surface area contributed by atoms with E-state index in [1.54, 1.807) is 18.2 Å². The van der Waals surface area contributed by atoms with Crippen molar-refractivity contribution in [2.75, 3.05) is 0 Å². The number of carbonyl (C=O) groups is 1. The van der Waals surface area contributed by atoms with Gasteiger partial charge >= 0.3 is 0 Å². The quantitative estimate of drug-likeness (QED) is 0.480. The maximum atomic E-state index is 13.9. The Morgan fingerprint density at radius 1 is 1.17 bits per heavy atom. The molecule has 0 spiro atoms. The van der Waals surface area contributed by atoms with Gasteiger partial charge in [0.1, 0.15) is 5.82 Å². The monoisotopic (exact) mass is 406 g/mol. The zero-order valence-electron chi connectivity index (χ0n) is 17.5. The minimum Gasteiger partial charge on any atom is -0.441 e. The summed E-state index contributed by atoms with van der Waals surface area (Å²) in [6, 6.07) is 15.3. The van der Waals surface area contributed by atoms with E-state index >= 15 is 0 Å². The number of aryl methyl sites for hydroxylation is 1. The summed E-state index contributed by atoms with van der Waals surface area (Å²) in [7, 11) is 0. The van der Waals surface area contributed by atoms with Gasteiger partial charge in [0, 0.05) is 25.4 Å². The summed E-state index contributed by atoms with van der Waals surface area (Å²) in [6.45, 7) is 4.98. The Morgan fingerprint density at radius 3 is 2.57 bits per heavy atom. The van der Waals surface area contributed by atoms with Crippen LogP contribution in [0.1, 0.15) is 56.0 Å². The summed E-state index contributed by atoms with van der Waals surface area (Å²) in [5.41, 5.74) is 2.84. The van der Waals surface area contributed by atoms with Crippen molar-refractivity contribution in [3.8, 4) is 11.3 Å². The lowest BCUT2D eigenvalue weighted by Gasteiger charge is -2.22. The van der Waals surface area contributed by atoms with E-state index in [1.807, 2.05) is 4.90 Å². The van der Waals surface area contributed by atoms with E-state index in [4.69, 9.17) is 4.42 Å². The van der Waals surface area contributed by atoms with Gasteiger partial charge in [-0.05, 0) is 42.0 Å². The van der Waals surface area contributed by atoms with Crippen LogP contribution in [0, 0.1) is 5.82 Å². The van der Waals surface area contributed by atoms with Gasteiger partial charge in [-0.1, -0.05) is 50.2 Å². The molecule has 1 fully saturated rings. The number of rotatable bonds is 8. The third-order valence-corrected chi connectivity index (χ3v) is 5.55. The molecule has 156 valence electrons. The first-order chi connectivity index (χ1) is 14.5. The molecule has 0 unspecified atom stereocenters. The number of hydrogen-bond donors (Lipinski definition) is 0. The SMILES string of the molecule is CC(C)c1ccc(CN(C(=O)CCc2ncc(-c3ccccc3F)o2)C2CC2)cc1. The molecule has 0 aliphatic heterocycles. The van der Waals surface area contributed by atoms with Gasteiger partial charge in [-0.25, -0.2) is 9.37 Å². The van der Waals surface area contributed by atoms with Crippen molar-refractivity contribution < 1.29 is 13.6 Å². The second-order valence-corrected chi connectivity index (χ2v) is 8.25. The van der Waals surface area contributed by atoms with Crippen LogP contribution in [-0.4, -0.2) is 21.8 Å². The van der Waals surface area contributed by atoms with Crippen LogP contribution in [0.2, 0.25) is 0 Å². The Morgan fingerprint density at radius 2 is 1.90 bits per heavy atom. The molecule has 0 N–H and O–H groups in total. The van der Waals surface area contributed by atoms with Gasteiger partial charge in [0.15, 0.2) is 11.7 Å². The number of amides is 1. The second-order valence-electron chi connectivity index (χ2n) is 8.25. The molecule has 1 aliphatic carbocycles. The molecule has 4 rings (SSSR count). The highest BCUT2D eigenvalue weighted by molar-refractivity contribution is 5.77. The van der Waals surface area contributed by atoms with Gasteiger partial charge in [-0.15, -0.1) is 0 Å². The van der Waals surface area contributed by atoms with Crippen LogP contribution in [0.25, 0.3) is 11.3 Å². The lowest BCUT2D eigenvalue weighted by Crippen LogP contribution is -2.32. The van der Waals surface area contributed by atoms with Gasteiger partial charge < -0.3 is 9.32 Å². The van der Waals surface area contributed by atoms with Gasteiger partial charge in [-0.2, -0.15) is 0 Å². The zero-order valence-corrected chi connectivity index (χ0v) is 17.5. The average Bonchev–Trinajstić information content (AvgIpc) is 3.48. The standard InChI is InChI=1S/C25H27FN2O2/c1-17(2)19-9-7-18(8-10-19)16-28(20-11-12-20)25(29)14-13-24-27-15-23(30-24)21-5-3-4-6-22(21)26/h3-10,15,17,20H,11-14,16H2,1-2H3. The summed E-state index contributed by atoms with van der Waals surface area (Å²) >= 11 is 0. The number of oxazole rings is 1. The fraction of sp³-hybridized carbons (Fsp3) is 0.360. The molecule has 1 aromatic heterocycles. The van der Waals surface area contributed by atoms with Crippen LogP contribution >= 0.6 is 0 Å². The number of halogens is 1. The summed E-state index contributed by atoms with van der Waals surface area (Å²) in [5, 5.41) is 0. The minimum absolute atomic E-state index is 0.107. The maximum Gasteiger partial charge on any atom is 0.223 e. The van der Waals surface area contributed by atoms with E-state index in [2.05, 4.69) is 43.1 Å². The van der Waals surface area contributed by atoms with Crippen molar-refractivity contribution in [1.82, 2.24) is 9.88 Å². The molecule has 0 radical (unpaired) electrons. The summed E-state index contributed by atoms with van der Waals surface area (Å²) in [5.74, 6) is 1.10. The van der Waals surface area contributed by atoms with Crippen LogP contribution in [0.4, 0.5) is 4.39 Å². The lowest BCUT2D eigenvalue weighted by molar-refractivity contribution is -0.132. The fourth-order valence-electron chi connectivity index (χ4n) is 3.58. The summed E-state index contributed by atoms with van der Waals surface area (Å²) < 4.78 is 19.6.